The van der Waals surface area contributed by atoms with Gasteiger partial charge in [-0.15, -0.1) is 11.3 Å². The molecule has 1 N–H and O–H groups in total. The van der Waals surface area contributed by atoms with Crippen molar-refractivity contribution < 1.29 is 24.2 Å². The fraction of sp³-hybridized carbons (Fsp3) is 0.538. The van der Waals surface area contributed by atoms with E-state index in [1.54, 1.807) is 30.8 Å². The Hall–Kier alpha value is -2.74. The molecule has 2 heterocycles. The van der Waals surface area contributed by atoms with E-state index in [2.05, 4.69) is 25.8 Å². The number of carbonyl (C=O) groups excluding carboxylic acids is 2. The summed E-state index contributed by atoms with van der Waals surface area (Å²) in [5.41, 5.74) is -0.456. The van der Waals surface area contributed by atoms with Crippen LogP contribution in [0.25, 0.3) is 0 Å². The first kappa shape index (κ1) is 25.9. The van der Waals surface area contributed by atoms with E-state index < -0.39 is 29.4 Å². The zero-order valence-corrected chi connectivity index (χ0v) is 21.7. The first-order valence-electron chi connectivity index (χ1n) is 11.5. The monoisotopic (exact) mass is 486 g/mol. The molecule has 2 aromatic rings. The molecule has 1 fully saturated rings. The number of carbonyl (C=O) groups is 3. The maximum absolute atomic E-state index is 14.1. The Morgan fingerprint density at radius 1 is 1.29 bits per heavy atom. The summed E-state index contributed by atoms with van der Waals surface area (Å²) in [5, 5.41) is 12.8. The van der Waals surface area contributed by atoms with E-state index in [-0.39, 0.29) is 30.0 Å². The highest BCUT2D eigenvalue weighted by Gasteiger charge is 2.60. The van der Waals surface area contributed by atoms with Gasteiger partial charge in [0.25, 0.3) is 5.91 Å². The van der Waals surface area contributed by atoms with Gasteiger partial charge < -0.3 is 14.7 Å². The van der Waals surface area contributed by atoms with E-state index >= 15 is 0 Å². The van der Waals surface area contributed by atoms with Crippen molar-refractivity contribution in [3.8, 4) is 5.75 Å². The van der Waals surface area contributed by atoms with Crippen molar-refractivity contribution in [3.63, 3.8) is 0 Å². The number of ketones is 1. The van der Waals surface area contributed by atoms with Gasteiger partial charge in [0, 0.05) is 23.1 Å². The van der Waals surface area contributed by atoms with Crippen LogP contribution in [-0.4, -0.2) is 45.3 Å². The Morgan fingerprint density at radius 3 is 2.44 bits per heavy atom. The first-order chi connectivity index (χ1) is 15.8. The molecule has 8 heteroatoms. The summed E-state index contributed by atoms with van der Waals surface area (Å²) in [6.07, 6.45) is 1.91. The van der Waals surface area contributed by atoms with Gasteiger partial charge in [-0.2, -0.15) is 0 Å². The highest BCUT2D eigenvalue weighted by Crippen LogP contribution is 2.51. The Labute approximate surface area is 205 Å². The number of rotatable bonds is 7. The summed E-state index contributed by atoms with van der Waals surface area (Å²) in [5.74, 6) is -1.78. The number of hydrogen-bond donors (Lipinski definition) is 1. The predicted octanol–water partition coefficient (Wildman–Crippen LogP) is 5.11. The summed E-state index contributed by atoms with van der Waals surface area (Å²) in [4.78, 5) is 45.5. The number of nitrogens with zero attached hydrogens (tertiary/aromatic N) is 2. The molecule has 34 heavy (non-hydrogen) atoms. The van der Waals surface area contributed by atoms with Crippen LogP contribution in [0.15, 0.2) is 29.8 Å². The molecule has 1 aromatic heterocycles. The summed E-state index contributed by atoms with van der Waals surface area (Å²) >= 11 is 1.33. The molecule has 7 nitrogen and oxygen atoms in total. The standard InChI is InChI=1S/C26H34N2O5S/c1-15(2)13-26(24(31)32)14-18(16(3)29)21(22-27-10-11-34-22)28(26)23(30)17-8-9-19(25(4,5)6)20(12-17)33-7/h8-12,15,18,21H,13-14H2,1-7H3,(H,31,32)/t18-,21+,26-/m0/s1. The fourth-order valence-corrected chi connectivity index (χ4v) is 5.88. The van der Waals surface area contributed by atoms with Crippen LogP contribution in [0.2, 0.25) is 0 Å². The van der Waals surface area contributed by atoms with Crippen LogP contribution in [0.5, 0.6) is 5.75 Å². The van der Waals surface area contributed by atoms with Crippen molar-refractivity contribution in [2.45, 2.75) is 71.4 Å². The largest absolute Gasteiger partial charge is 0.496 e. The number of Topliss-reactive ketones (excluding diaryl/α,β-unsaturated/α-hetero) is 1. The maximum Gasteiger partial charge on any atom is 0.329 e. The molecule has 184 valence electrons. The van der Waals surface area contributed by atoms with Crippen LogP contribution in [0.3, 0.4) is 0 Å². The van der Waals surface area contributed by atoms with Gasteiger partial charge in [0.1, 0.15) is 22.1 Å². The number of ether oxygens (including phenoxy) is 1. The lowest BCUT2D eigenvalue weighted by Crippen LogP contribution is -2.54. The third-order valence-electron chi connectivity index (χ3n) is 6.52. The van der Waals surface area contributed by atoms with Crippen LogP contribution in [0, 0.1) is 11.8 Å². The number of likely N-dealkylation sites (tertiary alicyclic amines) is 1. The van der Waals surface area contributed by atoms with Crippen molar-refractivity contribution in [2.24, 2.45) is 11.8 Å². The van der Waals surface area contributed by atoms with E-state index in [0.717, 1.165) is 5.56 Å². The second-order valence-corrected chi connectivity index (χ2v) is 11.4. The number of aliphatic carboxylic acids is 1. The highest BCUT2D eigenvalue weighted by atomic mass is 32.1. The fourth-order valence-electron chi connectivity index (χ4n) is 5.09. The maximum atomic E-state index is 14.1. The quantitative estimate of drug-likeness (QED) is 0.584. The van der Waals surface area contributed by atoms with Crippen molar-refractivity contribution in [3.05, 3.63) is 45.9 Å². The predicted molar refractivity (Wildman–Crippen MR) is 131 cm³/mol. The van der Waals surface area contributed by atoms with E-state index in [9.17, 15) is 19.5 Å². The molecule has 1 aliphatic heterocycles. The van der Waals surface area contributed by atoms with Crippen molar-refractivity contribution in [2.75, 3.05) is 7.11 Å². The number of carboxylic acid groups (broad SMARTS) is 1. The van der Waals surface area contributed by atoms with Crippen molar-refractivity contribution in [1.82, 2.24) is 9.88 Å². The van der Waals surface area contributed by atoms with Crippen LogP contribution < -0.4 is 4.74 Å². The molecule has 0 unspecified atom stereocenters. The zero-order chi connectivity index (χ0) is 25.4. The summed E-state index contributed by atoms with van der Waals surface area (Å²) in [6.45, 7) is 11.5. The normalized spacial score (nSPS) is 22.8. The third kappa shape index (κ3) is 4.60. The summed E-state index contributed by atoms with van der Waals surface area (Å²) < 4.78 is 5.60. The van der Waals surface area contributed by atoms with Gasteiger partial charge in [-0.25, -0.2) is 9.78 Å². The number of methoxy groups -OCH3 is 1. The Bertz CT molecular complexity index is 1070. The Balaban J connectivity index is 2.23. The number of aromatic nitrogens is 1. The van der Waals surface area contributed by atoms with Gasteiger partial charge in [0.05, 0.1) is 13.2 Å². The lowest BCUT2D eigenvalue weighted by molar-refractivity contribution is -0.150. The first-order valence-corrected chi connectivity index (χ1v) is 12.4. The molecule has 0 bridgehead atoms. The van der Waals surface area contributed by atoms with Gasteiger partial charge >= 0.3 is 5.97 Å². The highest BCUT2D eigenvalue weighted by molar-refractivity contribution is 7.09. The van der Waals surface area contributed by atoms with E-state index in [1.807, 2.05) is 19.9 Å². The van der Waals surface area contributed by atoms with Crippen LogP contribution in [0.4, 0.5) is 0 Å². The lowest BCUT2D eigenvalue weighted by atomic mass is 9.82. The zero-order valence-electron chi connectivity index (χ0n) is 20.9. The molecule has 3 atom stereocenters. The molecular formula is C26H34N2O5S. The number of carboxylic acids is 1. The van der Waals surface area contributed by atoms with E-state index in [0.29, 0.717) is 16.3 Å². The van der Waals surface area contributed by atoms with Crippen molar-refractivity contribution >= 4 is 29.0 Å². The lowest BCUT2D eigenvalue weighted by Gasteiger charge is -2.38. The van der Waals surface area contributed by atoms with Gasteiger partial charge in [-0.1, -0.05) is 40.7 Å². The smallest absolute Gasteiger partial charge is 0.329 e. The minimum Gasteiger partial charge on any atom is -0.496 e. The molecule has 1 amide bonds. The molecule has 1 aromatic carbocycles. The summed E-state index contributed by atoms with van der Waals surface area (Å²) in [7, 11) is 1.55. The molecule has 0 radical (unpaired) electrons. The van der Waals surface area contributed by atoms with E-state index in [4.69, 9.17) is 4.74 Å². The number of benzene rings is 1. The molecule has 0 aliphatic carbocycles. The topological polar surface area (TPSA) is 96.8 Å². The Morgan fingerprint density at radius 2 is 1.97 bits per heavy atom. The molecule has 1 saturated heterocycles. The van der Waals surface area contributed by atoms with Crippen LogP contribution in [-0.2, 0) is 15.0 Å². The Kier molecular flexibility index (Phi) is 7.22. The van der Waals surface area contributed by atoms with Gasteiger partial charge in [-0.3, -0.25) is 9.59 Å². The van der Waals surface area contributed by atoms with Crippen LogP contribution in [0.1, 0.15) is 81.4 Å². The van der Waals surface area contributed by atoms with Crippen molar-refractivity contribution in [1.29, 1.82) is 0 Å². The second kappa shape index (κ2) is 9.49. The third-order valence-corrected chi connectivity index (χ3v) is 7.37. The van der Waals surface area contributed by atoms with Gasteiger partial charge in [0.2, 0.25) is 0 Å². The molecule has 0 saturated carbocycles. The second-order valence-electron chi connectivity index (χ2n) is 10.5. The number of hydrogen-bond acceptors (Lipinski definition) is 6. The average molecular weight is 487 g/mol. The average Bonchev–Trinajstić information content (AvgIpc) is 3.38. The number of thiazole rings is 1. The molecule has 0 spiro atoms. The van der Waals surface area contributed by atoms with E-state index in [1.165, 1.54) is 23.2 Å². The van der Waals surface area contributed by atoms with Crippen LogP contribution >= 0.6 is 11.3 Å². The SMILES string of the molecule is COc1cc(C(=O)N2[C@@H](c3nccs3)[C@H](C(C)=O)C[C@@]2(CC(C)C)C(=O)O)ccc1C(C)(C)C. The summed E-state index contributed by atoms with van der Waals surface area (Å²) in [6, 6.07) is 4.50. The van der Waals surface area contributed by atoms with Gasteiger partial charge in [-0.05, 0) is 48.8 Å². The minimum atomic E-state index is -1.52. The van der Waals surface area contributed by atoms with Gasteiger partial charge in [0.15, 0.2) is 0 Å². The minimum absolute atomic E-state index is 0.00754. The molecule has 3 rings (SSSR count). The molecular weight excluding hydrogens is 452 g/mol. The number of amides is 1. The molecule has 1 aliphatic rings.